The molecular formula is C8H17F2NO2. The van der Waals surface area contributed by atoms with E-state index in [1.54, 1.807) is 0 Å². The van der Waals surface area contributed by atoms with Gasteiger partial charge in [0.2, 0.25) is 0 Å². The Morgan fingerprint density at radius 1 is 1.46 bits per heavy atom. The van der Waals surface area contributed by atoms with Gasteiger partial charge < -0.3 is 15.2 Å². The molecule has 2 unspecified atom stereocenters. The Labute approximate surface area is 77.1 Å². The van der Waals surface area contributed by atoms with Crippen molar-refractivity contribution >= 4 is 0 Å². The first-order valence-corrected chi connectivity index (χ1v) is 4.25. The van der Waals surface area contributed by atoms with Crippen LogP contribution in [0.4, 0.5) is 8.78 Å². The lowest BCUT2D eigenvalue weighted by Gasteiger charge is -2.21. The number of halogens is 2. The molecule has 0 aromatic heterocycles. The van der Waals surface area contributed by atoms with Gasteiger partial charge in [-0.15, -0.1) is 0 Å². The van der Waals surface area contributed by atoms with Crippen LogP contribution in [-0.2, 0) is 4.74 Å². The third-order valence-electron chi connectivity index (χ3n) is 1.72. The lowest BCUT2D eigenvalue weighted by molar-refractivity contribution is 0.0804. The zero-order valence-corrected chi connectivity index (χ0v) is 7.96. The van der Waals surface area contributed by atoms with Crippen LogP contribution in [0.1, 0.15) is 13.3 Å². The largest absolute Gasteiger partial charge is 0.396 e. The van der Waals surface area contributed by atoms with Crippen molar-refractivity contribution in [3.05, 3.63) is 0 Å². The van der Waals surface area contributed by atoms with Gasteiger partial charge in [0, 0.05) is 19.8 Å². The number of aliphatic hydroxyl groups excluding tert-OH is 1. The van der Waals surface area contributed by atoms with Gasteiger partial charge in [0.05, 0.1) is 12.6 Å². The minimum Gasteiger partial charge on any atom is -0.396 e. The van der Waals surface area contributed by atoms with E-state index in [2.05, 4.69) is 5.32 Å². The minimum atomic E-state index is -2.39. The molecule has 0 saturated heterocycles. The fourth-order valence-electron chi connectivity index (χ4n) is 1.02. The van der Waals surface area contributed by atoms with Gasteiger partial charge in [-0.1, -0.05) is 0 Å². The highest BCUT2D eigenvalue weighted by atomic mass is 19.3. The quantitative estimate of drug-likeness (QED) is 0.629. The van der Waals surface area contributed by atoms with E-state index in [0.29, 0.717) is 13.0 Å². The maximum Gasteiger partial charge on any atom is 0.253 e. The van der Waals surface area contributed by atoms with E-state index in [1.165, 1.54) is 14.0 Å². The van der Waals surface area contributed by atoms with Gasteiger partial charge in [0.25, 0.3) is 6.43 Å². The topological polar surface area (TPSA) is 41.5 Å². The Morgan fingerprint density at radius 2 is 2.08 bits per heavy atom. The molecule has 3 nitrogen and oxygen atoms in total. The Hall–Kier alpha value is -0.260. The van der Waals surface area contributed by atoms with Crippen LogP contribution in [-0.4, -0.2) is 43.9 Å². The molecule has 0 amide bonds. The first kappa shape index (κ1) is 12.7. The lowest BCUT2D eigenvalue weighted by Crippen LogP contribution is -2.43. The number of methoxy groups -OCH3 is 1. The van der Waals surface area contributed by atoms with Gasteiger partial charge in [-0.25, -0.2) is 8.78 Å². The molecular weight excluding hydrogens is 180 g/mol. The van der Waals surface area contributed by atoms with Crippen LogP contribution in [0.5, 0.6) is 0 Å². The van der Waals surface area contributed by atoms with Gasteiger partial charge >= 0.3 is 0 Å². The molecule has 0 fully saturated rings. The van der Waals surface area contributed by atoms with Crippen LogP contribution in [0.2, 0.25) is 0 Å². The van der Waals surface area contributed by atoms with E-state index >= 15 is 0 Å². The van der Waals surface area contributed by atoms with E-state index in [4.69, 9.17) is 9.84 Å². The fraction of sp³-hybridized carbons (Fsp3) is 1.00. The van der Waals surface area contributed by atoms with E-state index < -0.39 is 12.5 Å². The lowest BCUT2D eigenvalue weighted by atomic mass is 10.2. The monoisotopic (exact) mass is 197 g/mol. The summed E-state index contributed by atoms with van der Waals surface area (Å²) in [4.78, 5) is 0. The van der Waals surface area contributed by atoms with E-state index in [0.717, 1.165) is 0 Å². The predicted octanol–water partition coefficient (Wildman–Crippen LogP) is 0.627. The Balaban J connectivity index is 3.78. The van der Waals surface area contributed by atoms with Gasteiger partial charge in [-0.05, 0) is 13.3 Å². The molecule has 0 aromatic carbocycles. The third-order valence-corrected chi connectivity index (χ3v) is 1.72. The fourth-order valence-corrected chi connectivity index (χ4v) is 1.02. The van der Waals surface area contributed by atoms with Crippen LogP contribution in [0.3, 0.4) is 0 Å². The molecule has 0 aliphatic rings. The summed E-state index contributed by atoms with van der Waals surface area (Å²) in [6.45, 7) is 1.71. The van der Waals surface area contributed by atoms with Crippen LogP contribution >= 0.6 is 0 Å². The Bertz CT molecular complexity index is 119. The first-order chi connectivity index (χ1) is 6.11. The molecule has 0 radical (unpaired) electrons. The van der Waals surface area contributed by atoms with Crippen molar-refractivity contribution in [3.63, 3.8) is 0 Å². The van der Waals surface area contributed by atoms with Crippen molar-refractivity contribution in [2.75, 3.05) is 20.3 Å². The predicted molar refractivity (Wildman–Crippen MR) is 46.0 cm³/mol. The molecule has 0 aliphatic carbocycles. The summed E-state index contributed by atoms with van der Waals surface area (Å²) in [5.41, 5.74) is 0. The maximum atomic E-state index is 12.1. The average molecular weight is 197 g/mol. The van der Waals surface area contributed by atoms with Crippen LogP contribution in [0, 0.1) is 0 Å². The van der Waals surface area contributed by atoms with Crippen LogP contribution in [0.25, 0.3) is 0 Å². The SMILES string of the molecule is COCC(CCO)NC(C)C(F)F. The third kappa shape index (κ3) is 5.90. The molecule has 0 saturated carbocycles. The number of ether oxygens (including phenoxy) is 1. The van der Waals surface area contributed by atoms with Crippen molar-refractivity contribution in [2.45, 2.75) is 31.9 Å². The molecule has 0 rings (SSSR count). The number of hydrogen-bond acceptors (Lipinski definition) is 3. The summed E-state index contributed by atoms with van der Waals surface area (Å²) in [5.74, 6) is 0. The number of hydrogen-bond donors (Lipinski definition) is 2. The molecule has 2 atom stereocenters. The van der Waals surface area contributed by atoms with Crippen molar-refractivity contribution in [1.82, 2.24) is 5.32 Å². The van der Waals surface area contributed by atoms with Gasteiger partial charge in [-0.3, -0.25) is 0 Å². The smallest absolute Gasteiger partial charge is 0.253 e. The molecule has 2 N–H and O–H groups in total. The summed E-state index contributed by atoms with van der Waals surface area (Å²) >= 11 is 0. The minimum absolute atomic E-state index is 0.0308. The van der Waals surface area contributed by atoms with E-state index in [1.807, 2.05) is 0 Å². The van der Waals surface area contributed by atoms with Crippen molar-refractivity contribution in [2.24, 2.45) is 0 Å². The van der Waals surface area contributed by atoms with Gasteiger partial charge in [0.1, 0.15) is 0 Å². The summed E-state index contributed by atoms with van der Waals surface area (Å²) in [7, 11) is 1.50. The van der Waals surface area contributed by atoms with Crippen molar-refractivity contribution in [1.29, 1.82) is 0 Å². The summed E-state index contributed by atoms with van der Waals surface area (Å²) in [6.07, 6.45) is -1.97. The van der Waals surface area contributed by atoms with Crippen LogP contribution in [0.15, 0.2) is 0 Å². The van der Waals surface area contributed by atoms with E-state index in [9.17, 15) is 8.78 Å². The number of nitrogens with one attached hydrogen (secondary N) is 1. The highest BCUT2D eigenvalue weighted by Gasteiger charge is 2.18. The molecule has 13 heavy (non-hydrogen) atoms. The normalized spacial score (nSPS) is 16.2. The van der Waals surface area contributed by atoms with Gasteiger partial charge in [0.15, 0.2) is 0 Å². The number of alkyl halides is 2. The molecule has 80 valence electrons. The van der Waals surface area contributed by atoms with E-state index in [-0.39, 0.29) is 12.6 Å². The molecule has 0 spiro atoms. The highest BCUT2D eigenvalue weighted by Crippen LogP contribution is 2.02. The highest BCUT2D eigenvalue weighted by molar-refractivity contribution is 4.72. The second-order valence-corrected chi connectivity index (χ2v) is 2.95. The van der Waals surface area contributed by atoms with Crippen LogP contribution < -0.4 is 5.32 Å². The van der Waals surface area contributed by atoms with Crippen molar-refractivity contribution in [3.8, 4) is 0 Å². The van der Waals surface area contributed by atoms with Crippen molar-refractivity contribution < 1.29 is 18.6 Å². The molecule has 5 heteroatoms. The molecule has 0 aromatic rings. The molecule has 0 heterocycles. The van der Waals surface area contributed by atoms with Gasteiger partial charge in [-0.2, -0.15) is 0 Å². The summed E-state index contributed by atoms with van der Waals surface area (Å²) in [6, 6.07) is -1.08. The Morgan fingerprint density at radius 3 is 2.46 bits per heavy atom. The number of rotatable bonds is 7. The standard InChI is InChI=1S/C8H17F2NO2/c1-6(8(9)10)11-7(3-4-12)5-13-2/h6-8,11-12H,3-5H2,1-2H3. The molecule has 0 bridgehead atoms. The zero-order chi connectivity index (χ0) is 10.3. The maximum absolute atomic E-state index is 12.1. The number of aliphatic hydroxyl groups is 1. The summed E-state index contributed by atoms with van der Waals surface area (Å²) < 4.78 is 29.0. The Kier molecular flexibility index (Phi) is 7.03. The first-order valence-electron chi connectivity index (χ1n) is 4.25. The molecule has 0 aliphatic heterocycles. The second-order valence-electron chi connectivity index (χ2n) is 2.95. The summed E-state index contributed by atoms with van der Waals surface area (Å²) in [5, 5.41) is 11.3. The average Bonchev–Trinajstić information content (AvgIpc) is 2.05. The second kappa shape index (κ2) is 7.17. The zero-order valence-electron chi connectivity index (χ0n) is 7.96.